The Morgan fingerprint density at radius 2 is 1.79 bits per heavy atom. The molecule has 2 N–H and O–H groups in total. The zero-order valence-corrected chi connectivity index (χ0v) is 9.70. The van der Waals surface area contributed by atoms with Crippen LogP contribution in [0.25, 0.3) is 0 Å². The molecule has 0 aromatic heterocycles. The largest absolute Gasteiger partial charge is 0.460 e. The standard InChI is InChI=1S/C6H12O2.C4H10O2/c1-5(7)8-6(2,3)4;1-2-3-4(5)6/h1-4H3;4-6H,2-3H2,1H3. The van der Waals surface area contributed by atoms with Gasteiger partial charge in [-0.1, -0.05) is 13.3 Å². The number of esters is 1. The maximum Gasteiger partial charge on any atom is 0.303 e. The van der Waals surface area contributed by atoms with E-state index in [4.69, 9.17) is 14.9 Å². The van der Waals surface area contributed by atoms with Crippen LogP contribution in [-0.2, 0) is 9.53 Å². The molecule has 0 bridgehead atoms. The summed E-state index contributed by atoms with van der Waals surface area (Å²) < 4.78 is 4.80. The van der Waals surface area contributed by atoms with E-state index in [-0.39, 0.29) is 11.6 Å². The third-order valence-electron chi connectivity index (χ3n) is 0.997. The van der Waals surface area contributed by atoms with Crippen molar-refractivity contribution in [3.05, 3.63) is 0 Å². The van der Waals surface area contributed by atoms with Crippen molar-refractivity contribution in [2.45, 2.75) is 59.4 Å². The van der Waals surface area contributed by atoms with Gasteiger partial charge in [0.1, 0.15) is 5.60 Å². The number of aliphatic hydroxyl groups is 2. The van der Waals surface area contributed by atoms with Gasteiger partial charge in [0.05, 0.1) is 0 Å². The first-order valence-electron chi connectivity index (χ1n) is 4.74. The van der Waals surface area contributed by atoms with Crippen LogP contribution in [0.1, 0.15) is 47.5 Å². The van der Waals surface area contributed by atoms with Gasteiger partial charge in [-0.3, -0.25) is 4.79 Å². The van der Waals surface area contributed by atoms with Gasteiger partial charge in [0, 0.05) is 6.92 Å². The third-order valence-corrected chi connectivity index (χ3v) is 0.997. The minimum absolute atomic E-state index is 0.225. The highest BCUT2D eigenvalue weighted by atomic mass is 16.6. The highest BCUT2D eigenvalue weighted by Gasteiger charge is 2.11. The average Bonchev–Trinajstić information content (AvgIpc) is 1.80. The van der Waals surface area contributed by atoms with Gasteiger partial charge in [0.2, 0.25) is 0 Å². The van der Waals surface area contributed by atoms with Gasteiger partial charge in [-0.05, 0) is 27.2 Å². The molecule has 0 aliphatic heterocycles. The van der Waals surface area contributed by atoms with Crippen molar-refractivity contribution >= 4 is 5.97 Å². The Hall–Kier alpha value is -0.610. The van der Waals surface area contributed by atoms with Gasteiger partial charge in [-0.2, -0.15) is 0 Å². The SMILES string of the molecule is CC(=O)OC(C)(C)C.CCCC(O)O. The number of carbonyl (C=O) groups is 1. The molecule has 0 saturated carbocycles. The van der Waals surface area contributed by atoms with Crippen LogP contribution in [0.5, 0.6) is 0 Å². The molecule has 0 aromatic rings. The van der Waals surface area contributed by atoms with E-state index in [9.17, 15) is 4.79 Å². The smallest absolute Gasteiger partial charge is 0.303 e. The second kappa shape index (κ2) is 7.76. The predicted octanol–water partition coefficient (Wildman–Crippen LogP) is 1.45. The molecule has 0 heterocycles. The number of rotatable bonds is 2. The van der Waals surface area contributed by atoms with Crippen LogP contribution in [0.3, 0.4) is 0 Å². The Kier molecular flexibility index (Phi) is 8.79. The molecule has 0 spiro atoms. The minimum Gasteiger partial charge on any atom is -0.460 e. The molecule has 0 radical (unpaired) electrons. The Morgan fingerprint density at radius 1 is 1.36 bits per heavy atom. The summed E-state index contributed by atoms with van der Waals surface area (Å²) in [6.45, 7) is 8.84. The van der Waals surface area contributed by atoms with Crippen molar-refractivity contribution in [2.75, 3.05) is 0 Å². The molecule has 0 atom stereocenters. The lowest BCUT2D eigenvalue weighted by atomic mass is 10.2. The van der Waals surface area contributed by atoms with E-state index in [0.717, 1.165) is 6.42 Å². The Labute approximate surface area is 85.9 Å². The van der Waals surface area contributed by atoms with Crippen LogP contribution in [0, 0.1) is 0 Å². The van der Waals surface area contributed by atoms with E-state index < -0.39 is 6.29 Å². The van der Waals surface area contributed by atoms with E-state index >= 15 is 0 Å². The molecule has 86 valence electrons. The third kappa shape index (κ3) is 22.5. The average molecular weight is 206 g/mol. The summed E-state index contributed by atoms with van der Waals surface area (Å²) in [4.78, 5) is 10.2. The maximum absolute atomic E-state index is 10.2. The zero-order valence-electron chi connectivity index (χ0n) is 9.70. The van der Waals surface area contributed by atoms with Crippen LogP contribution in [-0.4, -0.2) is 28.1 Å². The van der Waals surface area contributed by atoms with Crippen LogP contribution in [0.4, 0.5) is 0 Å². The summed E-state index contributed by atoms with van der Waals surface area (Å²) in [5, 5.41) is 16.2. The van der Waals surface area contributed by atoms with Gasteiger partial charge < -0.3 is 14.9 Å². The lowest BCUT2D eigenvalue weighted by Crippen LogP contribution is -2.21. The molecular formula is C10H22O4. The molecule has 0 unspecified atom stereocenters. The summed E-state index contributed by atoms with van der Waals surface area (Å²) in [7, 11) is 0. The monoisotopic (exact) mass is 206 g/mol. The van der Waals surface area contributed by atoms with Crippen LogP contribution >= 0.6 is 0 Å². The molecular weight excluding hydrogens is 184 g/mol. The first-order chi connectivity index (χ1) is 6.19. The van der Waals surface area contributed by atoms with Gasteiger partial charge in [-0.25, -0.2) is 0 Å². The molecule has 14 heavy (non-hydrogen) atoms. The Balaban J connectivity index is 0. The van der Waals surface area contributed by atoms with Crippen LogP contribution in [0.2, 0.25) is 0 Å². The van der Waals surface area contributed by atoms with Crippen molar-refractivity contribution < 1.29 is 19.7 Å². The number of aliphatic hydroxyl groups excluding tert-OH is 1. The molecule has 0 amide bonds. The summed E-state index contributed by atoms with van der Waals surface area (Å²) in [5.74, 6) is -0.225. The Bertz CT molecular complexity index is 147. The maximum atomic E-state index is 10.2. The molecule has 0 aliphatic rings. The van der Waals surface area contributed by atoms with Crippen LogP contribution in [0.15, 0.2) is 0 Å². The van der Waals surface area contributed by atoms with Crippen molar-refractivity contribution in [1.29, 1.82) is 0 Å². The van der Waals surface area contributed by atoms with Gasteiger partial charge in [0.15, 0.2) is 6.29 Å². The van der Waals surface area contributed by atoms with E-state index in [1.807, 2.05) is 27.7 Å². The second-order valence-corrected chi connectivity index (χ2v) is 3.98. The number of hydrogen-bond acceptors (Lipinski definition) is 4. The highest BCUT2D eigenvalue weighted by molar-refractivity contribution is 5.66. The van der Waals surface area contributed by atoms with Gasteiger partial charge >= 0.3 is 5.97 Å². The fraction of sp³-hybridized carbons (Fsp3) is 0.900. The fourth-order valence-corrected chi connectivity index (χ4v) is 0.689. The number of hydrogen-bond donors (Lipinski definition) is 2. The summed E-state index contributed by atoms with van der Waals surface area (Å²) >= 11 is 0. The number of carbonyl (C=O) groups excluding carboxylic acids is 1. The molecule has 4 nitrogen and oxygen atoms in total. The zero-order chi connectivity index (χ0) is 11.8. The topological polar surface area (TPSA) is 66.8 Å². The van der Waals surface area contributed by atoms with Gasteiger partial charge in [0.25, 0.3) is 0 Å². The van der Waals surface area contributed by atoms with Gasteiger partial charge in [-0.15, -0.1) is 0 Å². The summed E-state index contributed by atoms with van der Waals surface area (Å²) in [6, 6.07) is 0. The highest BCUT2D eigenvalue weighted by Crippen LogP contribution is 2.05. The quantitative estimate of drug-likeness (QED) is 0.530. The van der Waals surface area contributed by atoms with E-state index in [1.165, 1.54) is 6.92 Å². The summed E-state index contributed by atoms with van der Waals surface area (Å²) in [6.07, 6.45) is 0.215. The van der Waals surface area contributed by atoms with Crippen molar-refractivity contribution in [3.8, 4) is 0 Å². The second-order valence-electron chi connectivity index (χ2n) is 3.98. The normalized spacial score (nSPS) is 10.6. The molecule has 4 heteroatoms. The van der Waals surface area contributed by atoms with E-state index in [1.54, 1.807) is 0 Å². The van der Waals surface area contributed by atoms with Crippen molar-refractivity contribution in [2.24, 2.45) is 0 Å². The lowest BCUT2D eigenvalue weighted by molar-refractivity contribution is -0.151. The molecule has 0 aromatic carbocycles. The first-order valence-corrected chi connectivity index (χ1v) is 4.74. The Morgan fingerprint density at radius 3 is 1.79 bits per heavy atom. The van der Waals surface area contributed by atoms with Crippen molar-refractivity contribution in [1.82, 2.24) is 0 Å². The fourth-order valence-electron chi connectivity index (χ4n) is 0.689. The molecule has 0 fully saturated rings. The molecule has 0 aliphatic carbocycles. The first kappa shape index (κ1) is 15.8. The number of ether oxygens (including phenoxy) is 1. The van der Waals surface area contributed by atoms with E-state index in [0.29, 0.717) is 6.42 Å². The molecule has 0 rings (SSSR count). The van der Waals surface area contributed by atoms with E-state index in [2.05, 4.69) is 0 Å². The molecule has 0 saturated heterocycles. The van der Waals surface area contributed by atoms with Crippen LogP contribution < -0.4 is 0 Å². The minimum atomic E-state index is -1.10. The predicted molar refractivity (Wildman–Crippen MR) is 54.7 cm³/mol. The van der Waals surface area contributed by atoms with Crippen molar-refractivity contribution in [3.63, 3.8) is 0 Å². The lowest BCUT2D eigenvalue weighted by Gasteiger charge is -2.17. The summed E-state index contributed by atoms with van der Waals surface area (Å²) in [5.41, 5.74) is -0.328.